The van der Waals surface area contributed by atoms with E-state index in [-0.39, 0.29) is 0 Å². The Morgan fingerprint density at radius 1 is 0.386 bits per heavy atom. The highest BCUT2D eigenvalue weighted by Gasteiger charge is 2.47. The van der Waals surface area contributed by atoms with E-state index in [1.54, 1.807) is 0 Å². The molecule has 4 heteroatoms. The number of ether oxygens (including phenoxy) is 1. The molecule has 0 spiro atoms. The lowest BCUT2D eigenvalue weighted by atomic mass is 9.94. The zero-order valence-electron chi connectivity index (χ0n) is 24.0. The quantitative estimate of drug-likeness (QED) is 0.207. The molecule has 0 saturated carbocycles. The molecule has 3 heterocycles. The maximum Gasteiger partial charge on any atom is 0.188 e. The summed E-state index contributed by atoms with van der Waals surface area (Å²) in [5.74, 6) is 1.87. The molecule has 0 N–H and O–H groups in total. The van der Waals surface area contributed by atoms with Gasteiger partial charge < -0.3 is 4.74 Å². The van der Waals surface area contributed by atoms with E-state index in [0.717, 1.165) is 39.3 Å². The van der Waals surface area contributed by atoms with E-state index in [9.17, 15) is 0 Å². The highest BCUT2D eigenvalue weighted by atomic mass is 28.3. The Balaban J connectivity index is 1.39. The molecule has 0 bridgehead atoms. The van der Waals surface area contributed by atoms with Gasteiger partial charge in [0.05, 0.1) is 0 Å². The zero-order chi connectivity index (χ0) is 29.3. The minimum Gasteiger partial charge on any atom is -0.458 e. The van der Waals surface area contributed by atoms with Gasteiger partial charge in [0.2, 0.25) is 0 Å². The van der Waals surface area contributed by atoms with E-state index in [2.05, 4.69) is 143 Å². The Morgan fingerprint density at radius 2 is 0.886 bits per heavy atom. The van der Waals surface area contributed by atoms with Crippen LogP contribution in [0.1, 0.15) is 0 Å². The van der Waals surface area contributed by atoms with Gasteiger partial charge in [-0.2, -0.15) is 0 Å². The summed E-state index contributed by atoms with van der Waals surface area (Å²) in [6.07, 6.45) is 7.48. The number of pyridine rings is 2. The second kappa shape index (κ2) is 10.9. The van der Waals surface area contributed by atoms with Crippen LogP contribution in [-0.4, -0.2) is 18.0 Å². The van der Waals surface area contributed by atoms with Gasteiger partial charge in [0.1, 0.15) is 11.5 Å². The molecular formula is C40H28N2OSi. The van der Waals surface area contributed by atoms with Gasteiger partial charge in [0, 0.05) is 35.9 Å². The van der Waals surface area contributed by atoms with Gasteiger partial charge >= 0.3 is 0 Å². The maximum absolute atomic E-state index is 6.54. The molecule has 1 aliphatic rings. The fraction of sp³-hybridized carbons (Fsp3) is 0. The molecule has 8 rings (SSSR count). The zero-order valence-corrected chi connectivity index (χ0v) is 25.0. The van der Waals surface area contributed by atoms with Crippen molar-refractivity contribution in [1.29, 1.82) is 0 Å². The van der Waals surface area contributed by atoms with E-state index < -0.39 is 8.07 Å². The first-order valence-corrected chi connectivity index (χ1v) is 16.8. The summed E-state index contributed by atoms with van der Waals surface area (Å²) >= 11 is 0. The first-order chi connectivity index (χ1) is 21.8. The van der Waals surface area contributed by atoms with E-state index in [0.29, 0.717) is 0 Å². The second-order valence-corrected chi connectivity index (χ2v) is 14.8. The third-order valence-corrected chi connectivity index (χ3v) is 13.4. The van der Waals surface area contributed by atoms with Gasteiger partial charge in [-0.25, -0.2) is 0 Å². The predicted octanol–water partition coefficient (Wildman–Crippen LogP) is 6.96. The minimum atomic E-state index is -2.74. The van der Waals surface area contributed by atoms with Crippen LogP contribution in [0.15, 0.2) is 170 Å². The van der Waals surface area contributed by atoms with E-state index in [1.807, 2.05) is 36.9 Å². The average molecular weight is 581 g/mol. The van der Waals surface area contributed by atoms with Gasteiger partial charge in [0.25, 0.3) is 0 Å². The molecule has 0 radical (unpaired) electrons. The van der Waals surface area contributed by atoms with Crippen LogP contribution >= 0.6 is 0 Å². The number of para-hydroxylation sites is 2. The van der Waals surface area contributed by atoms with Crippen molar-refractivity contribution in [1.82, 2.24) is 9.97 Å². The van der Waals surface area contributed by atoms with Crippen LogP contribution in [0.3, 0.4) is 0 Å². The van der Waals surface area contributed by atoms with Gasteiger partial charge in [-0.3, -0.25) is 9.97 Å². The number of nitrogens with zero attached hydrogens (tertiary/aromatic N) is 2. The lowest BCUT2D eigenvalue weighted by molar-refractivity contribution is 0.487. The standard InChI is InChI=1S/C40H28N2OSi/c1-2-14-35(15-3-1)44(39-19-6-4-17-37(39)43-38-18-5-7-20-40(38)44)36-16-8-11-29(26-36)32-23-33(30-12-9-21-41-27-30)25-34(24-32)31-13-10-22-42-28-31/h1-28H. The largest absolute Gasteiger partial charge is 0.458 e. The summed E-state index contributed by atoms with van der Waals surface area (Å²) in [6, 6.07) is 52.3. The Morgan fingerprint density at radius 3 is 1.45 bits per heavy atom. The summed E-state index contributed by atoms with van der Waals surface area (Å²) in [5.41, 5.74) is 6.73. The topological polar surface area (TPSA) is 35.0 Å². The summed E-state index contributed by atoms with van der Waals surface area (Å²) in [6.45, 7) is 0. The molecule has 0 amide bonds. The van der Waals surface area contributed by atoms with Crippen LogP contribution < -0.4 is 25.5 Å². The van der Waals surface area contributed by atoms with E-state index in [4.69, 9.17) is 4.74 Å². The Hall–Kier alpha value is -5.58. The predicted molar refractivity (Wildman–Crippen MR) is 182 cm³/mol. The van der Waals surface area contributed by atoms with Crippen LogP contribution in [0.4, 0.5) is 0 Å². The van der Waals surface area contributed by atoms with Gasteiger partial charge in [-0.05, 0) is 85.5 Å². The molecule has 0 saturated heterocycles. The first-order valence-electron chi connectivity index (χ1n) is 14.8. The summed E-state index contributed by atoms with van der Waals surface area (Å²) in [5, 5.41) is 5.18. The van der Waals surface area contributed by atoms with Crippen molar-refractivity contribution in [3.05, 3.63) is 170 Å². The van der Waals surface area contributed by atoms with Crippen LogP contribution in [-0.2, 0) is 0 Å². The minimum absolute atomic E-state index is 0.935. The van der Waals surface area contributed by atoms with Crippen LogP contribution in [0.2, 0.25) is 0 Å². The molecule has 2 aromatic heterocycles. The normalized spacial score (nSPS) is 12.9. The smallest absolute Gasteiger partial charge is 0.188 e. The first kappa shape index (κ1) is 26.1. The van der Waals surface area contributed by atoms with Crippen LogP contribution in [0.5, 0.6) is 11.5 Å². The van der Waals surface area contributed by atoms with Gasteiger partial charge in [0.15, 0.2) is 8.07 Å². The van der Waals surface area contributed by atoms with Crippen molar-refractivity contribution < 1.29 is 4.74 Å². The molecule has 0 fully saturated rings. The third kappa shape index (κ3) is 4.35. The molecule has 0 aliphatic carbocycles. The molecule has 0 atom stereocenters. The van der Waals surface area contributed by atoms with Crippen molar-refractivity contribution in [2.75, 3.05) is 0 Å². The molecule has 1 aliphatic heterocycles. The highest BCUT2D eigenvalue weighted by molar-refractivity contribution is 7.20. The molecule has 208 valence electrons. The van der Waals surface area contributed by atoms with Gasteiger partial charge in [-0.1, -0.05) is 103 Å². The lowest BCUT2D eigenvalue weighted by Gasteiger charge is -2.39. The number of rotatable bonds is 5. The Kier molecular flexibility index (Phi) is 6.47. The van der Waals surface area contributed by atoms with Crippen LogP contribution in [0, 0.1) is 0 Å². The van der Waals surface area contributed by atoms with Crippen molar-refractivity contribution in [3.8, 4) is 44.9 Å². The Labute approximate surface area is 258 Å². The number of hydrogen-bond acceptors (Lipinski definition) is 3. The molecule has 5 aromatic carbocycles. The number of aromatic nitrogens is 2. The monoisotopic (exact) mass is 580 g/mol. The number of hydrogen-bond donors (Lipinski definition) is 0. The Bertz CT molecular complexity index is 1990. The molecule has 3 nitrogen and oxygen atoms in total. The highest BCUT2D eigenvalue weighted by Crippen LogP contribution is 2.34. The summed E-state index contributed by atoms with van der Waals surface area (Å²) in [7, 11) is -2.74. The average Bonchev–Trinajstić information content (AvgIpc) is 3.11. The van der Waals surface area contributed by atoms with Crippen molar-refractivity contribution in [2.24, 2.45) is 0 Å². The fourth-order valence-corrected chi connectivity index (χ4v) is 11.6. The molecule has 0 unspecified atom stereocenters. The second-order valence-electron chi connectivity index (χ2n) is 11.1. The third-order valence-electron chi connectivity index (χ3n) is 8.56. The van der Waals surface area contributed by atoms with Crippen LogP contribution in [0.25, 0.3) is 33.4 Å². The number of benzene rings is 5. The van der Waals surface area contributed by atoms with Crippen molar-refractivity contribution in [2.45, 2.75) is 0 Å². The summed E-state index contributed by atoms with van der Waals surface area (Å²) < 4.78 is 6.54. The van der Waals surface area contributed by atoms with Crippen molar-refractivity contribution in [3.63, 3.8) is 0 Å². The number of fused-ring (bicyclic) bond motifs is 2. The van der Waals surface area contributed by atoms with Gasteiger partial charge in [-0.15, -0.1) is 0 Å². The molecule has 7 aromatic rings. The molecular weight excluding hydrogens is 553 g/mol. The SMILES string of the molecule is c1ccc([Si]2(c3cccc(-c4cc(-c5cccnc5)cc(-c5cccnc5)c4)c3)c3ccccc3Oc3ccccc32)cc1. The summed E-state index contributed by atoms with van der Waals surface area (Å²) in [4.78, 5) is 8.82. The van der Waals surface area contributed by atoms with E-state index in [1.165, 1.54) is 26.3 Å². The van der Waals surface area contributed by atoms with Crippen molar-refractivity contribution >= 4 is 28.8 Å². The van der Waals surface area contributed by atoms with E-state index >= 15 is 0 Å². The lowest BCUT2D eigenvalue weighted by Crippen LogP contribution is -2.76. The fourth-order valence-electron chi connectivity index (χ4n) is 6.60. The molecule has 44 heavy (non-hydrogen) atoms. The maximum atomic E-state index is 6.54.